The van der Waals surface area contributed by atoms with Gasteiger partial charge in [-0.2, -0.15) is 0 Å². The highest BCUT2D eigenvalue weighted by atomic mass is 35.5. The van der Waals surface area contributed by atoms with Crippen molar-refractivity contribution >= 4 is 17.5 Å². The first-order chi connectivity index (χ1) is 15.3. The third-order valence-corrected chi connectivity index (χ3v) is 6.55. The fraction of sp³-hybridized carbons (Fsp3) is 0.348. The van der Waals surface area contributed by atoms with Crippen molar-refractivity contribution in [2.24, 2.45) is 0 Å². The van der Waals surface area contributed by atoms with Crippen LogP contribution in [0.1, 0.15) is 36.3 Å². The predicted octanol–water partition coefficient (Wildman–Crippen LogP) is 4.64. The number of hydrogen-bond donors (Lipinski definition) is 1. The Balaban J connectivity index is 1.13. The Hall–Kier alpha value is -3.13. The molecule has 0 atom stereocenters. The first-order valence-corrected chi connectivity index (χ1v) is 10.6. The van der Waals surface area contributed by atoms with Crippen molar-refractivity contribution in [2.45, 2.75) is 44.1 Å². The highest BCUT2D eigenvalue weighted by Crippen LogP contribution is 2.67. The van der Waals surface area contributed by atoms with Crippen LogP contribution < -0.4 is 14.8 Å². The SMILES string of the molecule is Cc1ccc(Oc2nnc(C34CC(NC(=O)COc5ccc(Cl)c(F)c5)(C3)C4)o2)cc1C. The van der Waals surface area contributed by atoms with Crippen molar-refractivity contribution in [3.8, 4) is 17.6 Å². The number of aromatic nitrogens is 2. The summed E-state index contributed by atoms with van der Waals surface area (Å²) in [5, 5.41) is 11.2. The smallest absolute Gasteiger partial charge is 0.420 e. The molecule has 2 bridgehead atoms. The van der Waals surface area contributed by atoms with Crippen molar-refractivity contribution in [1.29, 1.82) is 0 Å². The fourth-order valence-corrected chi connectivity index (χ4v) is 4.66. The van der Waals surface area contributed by atoms with Crippen LogP contribution in [0.5, 0.6) is 17.6 Å². The number of nitrogens with one attached hydrogen (secondary N) is 1. The van der Waals surface area contributed by atoms with Gasteiger partial charge in [0.25, 0.3) is 5.91 Å². The normalized spacial score (nSPS) is 23.1. The summed E-state index contributed by atoms with van der Waals surface area (Å²) in [6, 6.07) is 9.81. The van der Waals surface area contributed by atoms with E-state index in [-0.39, 0.29) is 40.3 Å². The van der Waals surface area contributed by atoms with E-state index >= 15 is 0 Å². The number of rotatable bonds is 7. The quantitative estimate of drug-likeness (QED) is 0.556. The molecule has 3 fully saturated rings. The number of nitrogens with zero attached hydrogens (tertiary/aromatic N) is 2. The monoisotopic (exact) mass is 457 g/mol. The molecule has 0 aliphatic heterocycles. The predicted molar refractivity (Wildman–Crippen MR) is 114 cm³/mol. The minimum absolute atomic E-state index is 0.00419. The van der Waals surface area contributed by atoms with E-state index in [1.807, 2.05) is 32.0 Å². The van der Waals surface area contributed by atoms with Gasteiger partial charge in [0.05, 0.1) is 10.4 Å². The van der Waals surface area contributed by atoms with E-state index in [0.717, 1.165) is 11.6 Å². The van der Waals surface area contributed by atoms with Crippen LogP contribution in [-0.4, -0.2) is 28.3 Å². The van der Waals surface area contributed by atoms with Crippen LogP contribution in [0.15, 0.2) is 40.8 Å². The van der Waals surface area contributed by atoms with Crippen molar-refractivity contribution in [2.75, 3.05) is 6.61 Å². The number of aryl methyl sites for hydroxylation is 2. The number of halogens is 2. The molecule has 6 rings (SSSR count). The maximum Gasteiger partial charge on any atom is 0.420 e. The molecular formula is C23H21ClFN3O4. The van der Waals surface area contributed by atoms with E-state index in [2.05, 4.69) is 15.5 Å². The molecular weight excluding hydrogens is 437 g/mol. The maximum absolute atomic E-state index is 13.5. The van der Waals surface area contributed by atoms with Gasteiger partial charge in [-0.15, -0.1) is 5.10 Å². The van der Waals surface area contributed by atoms with Crippen molar-refractivity contribution in [3.63, 3.8) is 0 Å². The lowest BCUT2D eigenvalue weighted by Crippen LogP contribution is -2.77. The topological polar surface area (TPSA) is 86.5 Å². The molecule has 9 heteroatoms. The summed E-state index contributed by atoms with van der Waals surface area (Å²) in [5.74, 6) is 0.563. The number of hydrogen-bond acceptors (Lipinski definition) is 6. The zero-order valence-electron chi connectivity index (χ0n) is 17.6. The molecule has 1 heterocycles. The van der Waals surface area contributed by atoms with Gasteiger partial charge < -0.3 is 19.2 Å². The van der Waals surface area contributed by atoms with Gasteiger partial charge in [-0.3, -0.25) is 4.79 Å². The first-order valence-electron chi connectivity index (χ1n) is 10.2. The summed E-state index contributed by atoms with van der Waals surface area (Å²) in [4.78, 5) is 12.3. The van der Waals surface area contributed by atoms with E-state index in [1.54, 1.807) is 0 Å². The Labute approximate surface area is 188 Å². The minimum Gasteiger partial charge on any atom is -0.484 e. The summed E-state index contributed by atoms with van der Waals surface area (Å²) in [7, 11) is 0. The number of carbonyl (C=O) groups excluding carboxylic acids is 1. The molecule has 1 N–H and O–H groups in total. The fourth-order valence-electron chi connectivity index (χ4n) is 4.54. The zero-order chi connectivity index (χ0) is 22.5. The van der Waals surface area contributed by atoms with Crippen LogP contribution in [0.3, 0.4) is 0 Å². The Kier molecular flexibility index (Phi) is 4.85. The first kappa shape index (κ1) is 20.8. The molecule has 32 heavy (non-hydrogen) atoms. The lowest BCUT2D eigenvalue weighted by Gasteiger charge is -2.68. The van der Waals surface area contributed by atoms with Crippen LogP contribution >= 0.6 is 11.6 Å². The molecule has 7 nitrogen and oxygen atoms in total. The number of carbonyl (C=O) groups is 1. The molecule has 1 aromatic heterocycles. The van der Waals surface area contributed by atoms with Gasteiger partial charge in [-0.1, -0.05) is 22.8 Å². The van der Waals surface area contributed by atoms with Gasteiger partial charge in [0.2, 0.25) is 5.89 Å². The highest BCUT2D eigenvalue weighted by Gasteiger charge is 2.71. The van der Waals surface area contributed by atoms with Crippen LogP contribution in [0.4, 0.5) is 4.39 Å². The van der Waals surface area contributed by atoms with Gasteiger partial charge in [0, 0.05) is 11.6 Å². The van der Waals surface area contributed by atoms with Gasteiger partial charge in [-0.05, 0) is 68.5 Å². The largest absolute Gasteiger partial charge is 0.484 e. The second-order valence-electron chi connectivity index (χ2n) is 8.73. The Morgan fingerprint density at radius 1 is 1.12 bits per heavy atom. The molecule has 3 aromatic rings. The Bertz CT molecular complexity index is 1190. The molecule has 3 saturated carbocycles. The summed E-state index contributed by atoms with van der Waals surface area (Å²) in [6.45, 7) is 3.84. The van der Waals surface area contributed by atoms with E-state index in [4.69, 9.17) is 25.5 Å². The molecule has 2 aromatic carbocycles. The third-order valence-electron chi connectivity index (χ3n) is 6.24. The second-order valence-corrected chi connectivity index (χ2v) is 9.13. The highest BCUT2D eigenvalue weighted by molar-refractivity contribution is 6.30. The zero-order valence-corrected chi connectivity index (χ0v) is 18.3. The van der Waals surface area contributed by atoms with Gasteiger partial charge in [-0.25, -0.2) is 4.39 Å². The van der Waals surface area contributed by atoms with E-state index in [1.165, 1.54) is 17.7 Å². The van der Waals surface area contributed by atoms with Crippen molar-refractivity contribution < 1.29 is 23.1 Å². The molecule has 0 unspecified atom stereocenters. The maximum atomic E-state index is 13.5. The lowest BCUT2D eigenvalue weighted by molar-refractivity contribution is -0.143. The Morgan fingerprint density at radius 2 is 1.88 bits per heavy atom. The minimum atomic E-state index is -0.591. The summed E-state index contributed by atoms with van der Waals surface area (Å²) in [5.41, 5.74) is 1.79. The number of amides is 1. The number of ether oxygens (including phenoxy) is 2. The van der Waals surface area contributed by atoms with Crippen molar-refractivity contribution in [1.82, 2.24) is 15.5 Å². The van der Waals surface area contributed by atoms with Gasteiger partial charge >= 0.3 is 6.08 Å². The molecule has 3 aliphatic rings. The van der Waals surface area contributed by atoms with Crippen LogP contribution in [0.2, 0.25) is 5.02 Å². The van der Waals surface area contributed by atoms with E-state index in [9.17, 15) is 9.18 Å². The summed E-state index contributed by atoms with van der Waals surface area (Å²) < 4.78 is 30.3. The van der Waals surface area contributed by atoms with Crippen LogP contribution in [0.25, 0.3) is 0 Å². The third kappa shape index (κ3) is 3.68. The summed E-state index contributed by atoms with van der Waals surface area (Å²) >= 11 is 5.64. The van der Waals surface area contributed by atoms with E-state index in [0.29, 0.717) is 30.9 Å². The van der Waals surface area contributed by atoms with Crippen LogP contribution in [-0.2, 0) is 10.2 Å². The second kappa shape index (κ2) is 7.48. The van der Waals surface area contributed by atoms with Gasteiger partial charge in [0.15, 0.2) is 6.61 Å². The molecule has 0 saturated heterocycles. The average molecular weight is 458 g/mol. The van der Waals surface area contributed by atoms with E-state index < -0.39 is 5.82 Å². The van der Waals surface area contributed by atoms with Crippen LogP contribution in [0, 0.1) is 19.7 Å². The molecule has 3 aliphatic carbocycles. The molecule has 0 radical (unpaired) electrons. The molecule has 0 spiro atoms. The standard InChI is InChI=1S/C23H21ClFN3O4/c1-13-3-4-16(7-14(13)2)31-21-28-27-20(32-21)22-10-23(11-22,12-22)26-19(29)9-30-15-5-6-17(24)18(25)8-15/h3-8H,9-12H2,1-2H3,(H,26,29). The molecule has 1 amide bonds. The lowest BCUT2D eigenvalue weighted by atomic mass is 9.39. The number of benzene rings is 2. The average Bonchev–Trinajstić information content (AvgIpc) is 3.15. The van der Waals surface area contributed by atoms with Gasteiger partial charge in [0.1, 0.15) is 17.3 Å². The summed E-state index contributed by atoms with van der Waals surface area (Å²) in [6.07, 6.45) is 2.25. The molecule has 166 valence electrons. The Morgan fingerprint density at radius 3 is 2.59 bits per heavy atom. The van der Waals surface area contributed by atoms with Crippen molar-refractivity contribution in [3.05, 3.63) is 64.3 Å².